The number of rotatable bonds is 4. The summed E-state index contributed by atoms with van der Waals surface area (Å²) in [7, 11) is 0. The fraction of sp³-hybridized carbons (Fsp3) is 0.600. The predicted molar refractivity (Wildman–Crippen MR) is 51.0 cm³/mol. The Bertz CT molecular complexity index is 217. The third-order valence-electron chi connectivity index (χ3n) is 1.37. The highest BCUT2D eigenvalue weighted by atomic mass is 16.7. The van der Waals surface area contributed by atoms with Crippen LogP contribution >= 0.6 is 0 Å². The summed E-state index contributed by atoms with van der Waals surface area (Å²) in [5, 5.41) is 0. The minimum atomic E-state index is -0.466. The predicted octanol–water partition coefficient (Wildman–Crippen LogP) is 1.86. The zero-order valence-electron chi connectivity index (χ0n) is 8.99. The first kappa shape index (κ1) is 12.7. The lowest BCUT2D eigenvalue weighted by Crippen LogP contribution is -2.17. The first-order valence-electron chi connectivity index (χ1n) is 4.47. The molecule has 4 nitrogen and oxygen atoms in total. The molecular formula is C10H16O4. The monoisotopic (exact) mass is 200 g/mol. The Labute approximate surface area is 83.9 Å². The topological polar surface area (TPSA) is 52.6 Å². The van der Waals surface area contributed by atoms with Gasteiger partial charge in [0.25, 0.3) is 5.95 Å². The van der Waals surface area contributed by atoms with Crippen molar-refractivity contribution in [2.45, 2.75) is 27.7 Å². The molecule has 0 unspecified atom stereocenters. The van der Waals surface area contributed by atoms with Gasteiger partial charge in [-0.15, -0.1) is 0 Å². The van der Waals surface area contributed by atoms with Gasteiger partial charge in [0.2, 0.25) is 0 Å². The lowest BCUT2D eigenvalue weighted by molar-refractivity contribution is -0.157. The summed E-state index contributed by atoms with van der Waals surface area (Å²) in [6.45, 7) is 10.0. The summed E-state index contributed by atoms with van der Waals surface area (Å²) < 4.78 is 9.31. The number of esters is 2. The quantitative estimate of drug-likeness (QED) is 0.513. The highest BCUT2D eigenvalue weighted by Crippen LogP contribution is 2.06. The van der Waals surface area contributed by atoms with Gasteiger partial charge in [-0.05, 0) is 6.58 Å². The molecule has 0 saturated heterocycles. The lowest BCUT2D eigenvalue weighted by atomic mass is 10.2. The molecule has 0 aliphatic heterocycles. The molecule has 0 spiro atoms. The molecule has 0 aromatic rings. The summed E-state index contributed by atoms with van der Waals surface area (Å²) in [4.78, 5) is 22.1. The highest BCUT2D eigenvalue weighted by Gasteiger charge is 2.15. The zero-order valence-corrected chi connectivity index (χ0v) is 8.99. The second-order valence-electron chi connectivity index (χ2n) is 3.52. The van der Waals surface area contributed by atoms with E-state index >= 15 is 0 Å². The standard InChI is InChI=1S/C10H16O4/c1-6(2)9(11)13-8(5)14-10(12)7(3)4/h6-7H,5H2,1-4H3. The minimum Gasteiger partial charge on any atom is -0.393 e. The minimum absolute atomic E-state index is 0.262. The first-order valence-corrected chi connectivity index (χ1v) is 4.47. The molecule has 0 aromatic carbocycles. The molecular weight excluding hydrogens is 184 g/mol. The fourth-order valence-electron chi connectivity index (χ4n) is 0.481. The summed E-state index contributed by atoms with van der Waals surface area (Å²) >= 11 is 0. The van der Waals surface area contributed by atoms with Gasteiger partial charge in [-0.25, -0.2) is 0 Å². The van der Waals surface area contributed by atoms with Gasteiger partial charge < -0.3 is 9.47 Å². The van der Waals surface area contributed by atoms with Crippen LogP contribution in [-0.4, -0.2) is 11.9 Å². The van der Waals surface area contributed by atoms with Gasteiger partial charge in [-0.1, -0.05) is 27.7 Å². The molecule has 0 aromatic heterocycles. The van der Waals surface area contributed by atoms with Crippen LogP contribution in [0.1, 0.15) is 27.7 Å². The maximum atomic E-state index is 11.0. The van der Waals surface area contributed by atoms with Crippen molar-refractivity contribution in [2.24, 2.45) is 11.8 Å². The number of hydrogen-bond acceptors (Lipinski definition) is 4. The molecule has 80 valence electrons. The van der Waals surface area contributed by atoms with Gasteiger partial charge in [0, 0.05) is 0 Å². The van der Waals surface area contributed by atoms with Crippen molar-refractivity contribution in [1.82, 2.24) is 0 Å². The Morgan fingerprint density at radius 1 is 0.929 bits per heavy atom. The summed E-state index contributed by atoms with van der Waals surface area (Å²) in [5.74, 6) is -1.74. The Morgan fingerprint density at radius 2 is 1.21 bits per heavy atom. The number of hydrogen-bond donors (Lipinski definition) is 0. The van der Waals surface area contributed by atoms with E-state index in [1.165, 1.54) is 0 Å². The smallest absolute Gasteiger partial charge is 0.316 e. The van der Waals surface area contributed by atoms with Crippen molar-refractivity contribution in [3.05, 3.63) is 12.5 Å². The Kier molecular flexibility index (Phi) is 4.91. The van der Waals surface area contributed by atoms with E-state index in [-0.39, 0.29) is 17.8 Å². The highest BCUT2D eigenvalue weighted by molar-refractivity contribution is 5.74. The molecule has 0 aliphatic carbocycles. The van der Waals surface area contributed by atoms with E-state index in [1.807, 2.05) is 0 Å². The maximum Gasteiger partial charge on any atom is 0.316 e. The summed E-state index contributed by atoms with van der Waals surface area (Å²) in [5.41, 5.74) is 0. The molecule has 0 heterocycles. The third-order valence-corrected chi connectivity index (χ3v) is 1.37. The molecule has 0 amide bonds. The maximum absolute atomic E-state index is 11.0. The van der Waals surface area contributed by atoms with E-state index in [1.54, 1.807) is 27.7 Å². The molecule has 0 bridgehead atoms. The van der Waals surface area contributed by atoms with E-state index in [4.69, 9.17) is 0 Å². The van der Waals surface area contributed by atoms with Crippen LogP contribution in [0.3, 0.4) is 0 Å². The lowest BCUT2D eigenvalue weighted by Gasteiger charge is -2.10. The Morgan fingerprint density at radius 3 is 1.43 bits per heavy atom. The molecule has 0 saturated carbocycles. The number of carbonyl (C=O) groups excluding carboxylic acids is 2. The van der Waals surface area contributed by atoms with Crippen LogP contribution in [0.4, 0.5) is 0 Å². The molecule has 0 N–H and O–H groups in total. The fourth-order valence-corrected chi connectivity index (χ4v) is 0.481. The van der Waals surface area contributed by atoms with Gasteiger partial charge in [-0.3, -0.25) is 9.59 Å². The van der Waals surface area contributed by atoms with Crippen molar-refractivity contribution >= 4 is 11.9 Å². The SMILES string of the molecule is C=C(OC(=O)C(C)C)OC(=O)C(C)C. The van der Waals surface area contributed by atoms with E-state index in [0.29, 0.717) is 0 Å². The molecule has 4 heteroatoms. The average molecular weight is 200 g/mol. The molecule has 0 rings (SSSR count). The van der Waals surface area contributed by atoms with Gasteiger partial charge in [0.15, 0.2) is 0 Å². The van der Waals surface area contributed by atoms with Crippen molar-refractivity contribution < 1.29 is 19.1 Å². The molecule has 0 atom stereocenters. The summed E-state index contributed by atoms with van der Waals surface area (Å²) in [6, 6.07) is 0. The van der Waals surface area contributed by atoms with Crippen LogP contribution in [0.15, 0.2) is 12.5 Å². The van der Waals surface area contributed by atoms with E-state index < -0.39 is 11.9 Å². The van der Waals surface area contributed by atoms with Crippen molar-refractivity contribution in [3.8, 4) is 0 Å². The number of carbonyl (C=O) groups is 2. The molecule has 14 heavy (non-hydrogen) atoms. The molecule has 0 aliphatic rings. The third kappa shape index (κ3) is 4.64. The van der Waals surface area contributed by atoms with Crippen LogP contribution in [-0.2, 0) is 19.1 Å². The van der Waals surface area contributed by atoms with Crippen LogP contribution < -0.4 is 0 Å². The van der Waals surface area contributed by atoms with Crippen molar-refractivity contribution in [2.75, 3.05) is 0 Å². The van der Waals surface area contributed by atoms with Crippen LogP contribution in [0.25, 0.3) is 0 Å². The average Bonchev–Trinajstić information content (AvgIpc) is 2.03. The van der Waals surface area contributed by atoms with Gasteiger partial charge in [-0.2, -0.15) is 0 Å². The van der Waals surface area contributed by atoms with Crippen molar-refractivity contribution in [3.63, 3.8) is 0 Å². The second kappa shape index (κ2) is 5.42. The van der Waals surface area contributed by atoms with E-state index in [0.717, 1.165) is 0 Å². The summed E-state index contributed by atoms with van der Waals surface area (Å²) in [6.07, 6.45) is 0. The second-order valence-corrected chi connectivity index (χ2v) is 3.52. The van der Waals surface area contributed by atoms with Gasteiger partial charge >= 0.3 is 11.9 Å². The largest absolute Gasteiger partial charge is 0.393 e. The van der Waals surface area contributed by atoms with Crippen LogP contribution in [0.5, 0.6) is 0 Å². The van der Waals surface area contributed by atoms with Crippen molar-refractivity contribution in [1.29, 1.82) is 0 Å². The Balaban J connectivity index is 4.00. The molecule has 0 radical (unpaired) electrons. The first-order chi connectivity index (χ1) is 6.34. The van der Waals surface area contributed by atoms with Gasteiger partial charge in [0.05, 0.1) is 11.8 Å². The van der Waals surface area contributed by atoms with E-state index in [9.17, 15) is 9.59 Å². The normalized spacial score (nSPS) is 10.1. The van der Waals surface area contributed by atoms with E-state index in [2.05, 4.69) is 16.1 Å². The molecule has 0 fully saturated rings. The van der Waals surface area contributed by atoms with Crippen LogP contribution in [0, 0.1) is 11.8 Å². The van der Waals surface area contributed by atoms with Gasteiger partial charge in [0.1, 0.15) is 0 Å². The zero-order chi connectivity index (χ0) is 11.3. The van der Waals surface area contributed by atoms with Crippen LogP contribution in [0.2, 0.25) is 0 Å². The Hall–Kier alpha value is -1.32. The number of ether oxygens (including phenoxy) is 2.